The number of aliphatic hydroxyl groups is 1. The molecule has 2 aromatic rings. The second-order valence-electron chi connectivity index (χ2n) is 5.94. The number of ketones is 1. The first-order chi connectivity index (χ1) is 11.1. The van der Waals surface area contributed by atoms with Crippen LogP contribution < -0.4 is 4.74 Å². The summed E-state index contributed by atoms with van der Waals surface area (Å²) in [6.45, 7) is 0. The van der Waals surface area contributed by atoms with Crippen LogP contribution in [0.5, 0.6) is 17.2 Å². The van der Waals surface area contributed by atoms with Crippen molar-refractivity contribution in [3.05, 3.63) is 53.6 Å². The van der Waals surface area contributed by atoms with Crippen molar-refractivity contribution in [2.75, 3.05) is 0 Å². The van der Waals surface area contributed by atoms with E-state index in [2.05, 4.69) is 0 Å². The SMILES string of the molecule is O=C1CCCC(O)CCc2ccc(cc2)Oc2cc1ccc2O. The lowest BCUT2D eigenvalue weighted by atomic mass is 10.0. The smallest absolute Gasteiger partial charge is 0.169 e. The first-order valence-corrected chi connectivity index (χ1v) is 7.93. The number of rotatable bonds is 0. The Morgan fingerprint density at radius 1 is 1.00 bits per heavy atom. The van der Waals surface area contributed by atoms with Crippen molar-refractivity contribution in [1.29, 1.82) is 0 Å². The summed E-state index contributed by atoms with van der Waals surface area (Å²) in [7, 11) is 0. The molecule has 0 amide bonds. The van der Waals surface area contributed by atoms with E-state index in [1.54, 1.807) is 12.1 Å². The normalized spacial score (nSPS) is 18.8. The van der Waals surface area contributed by atoms with E-state index in [9.17, 15) is 15.0 Å². The summed E-state index contributed by atoms with van der Waals surface area (Å²) in [5.41, 5.74) is 1.64. The van der Waals surface area contributed by atoms with Crippen LogP contribution in [0.4, 0.5) is 0 Å². The Bertz CT molecular complexity index is 691. The molecule has 0 saturated carbocycles. The molecule has 2 aliphatic heterocycles. The molecule has 0 radical (unpaired) electrons. The number of benzene rings is 2. The average Bonchev–Trinajstić information content (AvgIpc) is 2.56. The van der Waals surface area contributed by atoms with Gasteiger partial charge in [-0.05, 0) is 61.6 Å². The van der Waals surface area contributed by atoms with Crippen molar-refractivity contribution in [1.82, 2.24) is 0 Å². The maximum atomic E-state index is 12.2. The Hall–Kier alpha value is -2.33. The summed E-state index contributed by atoms with van der Waals surface area (Å²) in [6.07, 6.45) is 2.72. The van der Waals surface area contributed by atoms with Crippen molar-refractivity contribution >= 4 is 5.78 Å². The van der Waals surface area contributed by atoms with Crippen LogP contribution in [0.3, 0.4) is 0 Å². The molecular formula is C19H20O4. The van der Waals surface area contributed by atoms with Gasteiger partial charge in [-0.25, -0.2) is 0 Å². The quantitative estimate of drug-likeness (QED) is 0.775. The highest BCUT2D eigenvalue weighted by Gasteiger charge is 2.13. The zero-order valence-electron chi connectivity index (χ0n) is 12.9. The molecule has 0 aromatic heterocycles. The second kappa shape index (κ2) is 6.84. The number of aryl methyl sites for hydroxylation is 1. The van der Waals surface area contributed by atoms with Crippen molar-refractivity contribution in [3.8, 4) is 17.2 Å². The molecule has 0 spiro atoms. The molecule has 1 unspecified atom stereocenters. The monoisotopic (exact) mass is 312 g/mol. The van der Waals surface area contributed by atoms with Crippen LogP contribution in [0.2, 0.25) is 0 Å². The molecule has 0 aliphatic carbocycles. The van der Waals surface area contributed by atoms with Crippen LogP contribution in [0.1, 0.15) is 41.6 Å². The number of aliphatic hydroxyl groups excluding tert-OH is 1. The van der Waals surface area contributed by atoms with Crippen molar-refractivity contribution in [2.45, 2.75) is 38.2 Å². The highest BCUT2D eigenvalue weighted by atomic mass is 16.5. The Labute approximate surface area is 135 Å². The second-order valence-corrected chi connectivity index (χ2v) is 5.94. The summed E-state index contributed by atoms with van der Waals surface area (Å²) < 4.78 is 5.70. The fraction of sp³-hybridized carbons (Fsp3) is 0.316. The minimum atomic E-state index is -0.390. The predicted octanol–water partition coefficient (Wildman–Crippen LogP) is 3.84. The van der Waals surface area contributed by atoms with Gasteiger partial charge in [-0.3, -0.25) is 4.79 Å². The van der Waals surface area contributed by atoms with Crippen LogP contribution in [0, 0.1) is 0 Å². The molecule has 4 bridgehead atoms. The summed E-state index contributed by atoms with van der Waals surface area (Å²) in [5, 5.41) is 20.0. The molecule has 4 heteroatoms. The van der Waals surface area contributed by atoms with Gasteiger partial charge in [-0.15, -0.1) is 0 Å². The van der Waals surface area contributed by atoms with E-state index in [0.717, 1.165) is 12.0 Å². The third-order valence-electron chi connectivity index (χ3n) is 4.14. The maximum Gasteiger partial charge on any atom is 0.169 e. The molecule has 4 nitrogen and oxygen atoms in total. The summed E-state index contributed by atoms with van der Waals surface area (Å²) in [4.78, 5) is 12.2. The lowest BCUT2D eigenvalue weighted by molar-refractivity contribution is 0.0967. The standard InChI is InChI=1S/C19H20O4/c20-15-2-1-3-17(21)14-7-11-18(22)19(12-14)23-16-9-5-13(4-8-15)6-10-16/h5-7,9-12,15,20,22H,1-4,8H2. The molecule has 2 aliphatic rings. The third kappa shape index (κ3) is 3.90. The number of fused-ring (bicyclic) bond motifs is 8. The van der Waals surface area contributed by atoms with E-state index in [1.165, 1.54) is 6.07 Å². The number of carbonyl (C=O) groups excluding carboxylic acids is 1. The summed E-state index contributed by atoms with van der Waals surface area (Å²) in [5.74, 6) is 0.875. The van der Waals surface area contributed by atoms with Gasteiger partial charge in [0.05, 0.1) is 6.10 Å². The van der Waals surface area contributed by atoms with Gasteiger partial charge >= 0.3 is 0 Å². The van der Waals surface area contributed by atoms with Gasteiger partial charge in [0, 0.05) is 12.0 Å². The molecule has 0 saturated heterocycles. The van der Waals surface area contributed by atoms with Crippen molar-refractivity contribution in [3.63, 3.8) is 0 Å². The molecule has 0 fully saturated rings. The van der Waals surface area contributed by atoms with Crippen molar-refractivity contribution in [2.24, 2.45) is 0 Å². The van der Waals surface area contributed by atoms with Gasteiger partial charge in [-0.1, -0.05) is 12.1 Å². The average molecular weight is 312 g/mol. The van der Waals surface area contributed by atoms with Crippen LogP contribution in [0.15, 0.2) is 42.5 Å². The minimum absolute atomic E-state index is 0.00497. The summed E-state index contributed by atoms with van der Waals surface area (Å²) in [6, 6.07) is 12.2. The fourth-order valence-electron chi connectivity index (χ4n) is 2.74. The predicted molar refractivity (Wildman–Crippen MR) is 87.1 cm³/mol. The van der Waals surface area contributed by atoms with E-state index in [0.29, 0.717) is 37.0 Å². The molecule has 2 aromatic carbocycles. The maximum absolute atomic E-state index is 12.2. The van der Waals surface area contributed by atoms with Gasteiger partial charge < -0.3 is 14.9 Å². The van der Waals surface area contributed by atoms with Gasteiger partial charge in [0.1, 0.15) is 5.75 Å². The first-order valence-electron chi connectivity index (χ1n) is 7.93. The fourth-order valence-corrected chi connectivity index (χ4v) is 2.74. The third-order valence-corrected chi connectivity index (χ3v) is 4.14. The molecule has 1 atom stereocenters. The lowest BCUT2D eigenvalue weighted by Crippen LogP contribution is -2.09. The molecule has 23 heavy (non-hydrogen) atoms. The number of hydrogen-bond donors (Lipinski definition) is 2. The topological polar surface area (TPSA) is 66.8 Å². The minimum Gasteiger partial charge on any atom is -0.504 e. The molecule has 2 N–H and O–H groups in total. The van der Waals surface area contributed by atoms with E-state index < -0.39 is 0 Å². The van der Waals surface area contributed by atoms with Crippen LogP contribution in [-0.4, -0.2) is 22.1 Å². The van der Waals surface area contributed by atoms with Gasteiger partial charge in [0.25, 0.3) is 0 Å². The lowest BCUT2D eigenvalue weighted by Gasteiger charge is -2.10. The van der Waals surface area contributed by atoms with E-state index in [1.807, 2.05) is 24.3 Å². The highest BCUT2D eigenvalue weighted by Crippen LogP contribution is 2.32. The van der Waals surface area contributed by atoms with Gasteiger partial charge in [0.2, 0.25) is 0 Å². The molecule has 4 rings (SSSR count). The van der Waals surface area contributed by atoms with E-state index in [4.69, 9.17) is 4.74 Å². The Morgan fingerprint density at radius 3 is 2.57 bits per heavy atom. The van der Waals surface area contributed by atoms with Gasteiger partial charge in [0.15, 0.2) is 17.3 Å². The number of Topliss-reactive ketones (excluding diaryl/α,β-unsaturated/α-hetero) is 1. The largest absolute Gasteiger partial charge is 0.504 e. The Balaban J connectivity index is 1.93. The molecular weight excluding hydrogens is 292 g/mol. The zero-order chi connectivity index (χ0) is 16.2. The number of phenolic OH excluding ortho intramolecular Hbond substituents is 1. The number of aromatic hydroxyl groups is 1. The zero-order valence-corrected chi connectivity index (χ0v) is 12.9. The Kier molecular flexibility index (Phi) is 4.63. The number of carbonyl (C=O) groups is 1. The van der Waals surface area contributed by atoms with Crippen molar-refractivity contribution < 1.29 is 19.7 Å². The Morgan fingerprint density at radius 2 is 1.78 bits per heavy atom. The van der Waals surface area contributed by atoms with E-state index >= 15 is 0 Å². The molecule has 2 heterocycles. The van der Waals surface area contributed by atoms with Crippen LogP contribution >= 0.6 is 0 Å². The number of phenols is 1. The van der Waals surface area contributed by atoms with Crippen LogP contribution in [0.25, 0.3) is 0 Å². The summed E-state index contributed by atoms with van der Waals surface area (Å²) >= 11 is 0. The van der Waals surface area contributed by atoms with Gasteiger partial charge in [-0.2, -0.15) is 0 Å². The number of ether oxygens (including phenoxy) is 1. The first kappa shape index (κ1) is 15.6. The van der Waals surface area contributed by atoms with E-state index in [-0.39, 0.29) is 23.4 Å². The molecule has 120 valence electrons. The highest BCUT2D eigenvalue weighted by molar-refractivity contribution is 5.96. The number of hydrogen-bond acceptors (Lipinski definition) is 4. The van der Waals surface area contributed by atoms with Crippen LogP contribution in [-0.2, 0) is 6.42 Å².